The number of thiophene rings is 1. The monoisotopic (exact) mass is 495 g/mol. The lowest BCUT2D eigenvalue weighted by atomic mass is 9.97. The minimum Gasteiger partial charge on any atom is -0.492 e. The van der Waals surface area contributed by atoms with Gasteiger partial charge in [-0.2, -0.15) is 0 Å². The number of carbonyl (C=O) groups excluding carboxylic acids is 1. The SMILES string of the molecule is O=C(CSc1nc2sc3c(c2c(=O)n1Cc1ccco1)CCCC3)NCCOc1ccccc1. The highest BCUT2D eigenvalue weighted by Crippen LogP contribution is 2.34. The van der Waals surface area contributed by atoms with Crippen LogP contribution in [-0.2, 0) is 24.2 Å². The van der Waals surface area contributed by atoms with Crippen LogP contribution in [0.5, 0.6) is 5.75 Å². The molecule has 0 radical (unpaired) electrons. The molecule has 1 amide bonds. The van der Waals surface area contributed by atoms with Gasteiger partial charge in [-0.25, -0.2) is 4.98 Å². The molecule has 0 fully saturated rings. The van der Waals surface area contributed by atoms with Gasteiger partial charge in [-0.3, -0.25) is 14.2 Å². The van der Waals surface area contributed by atoms with Crippen LogP contribution in [0.15, 0.2) is 63.1 Å². The molecule has 7 nitrogen and oxygen atoms in total. The Balaban J connectivity index is 1.30. The number of thioether (sulfide) groups is 1. The Hall–Kier alpha value is -3.04. The van der Waals surface area contributed by atoms with Crippen LogP contribution in [0, 0.1) is 0 Å². The van der Waals surface area contributed by atoms with Crippen LogP contribution in [0.1, 0.15) is 29.0 Å². The number of carbonyl (C=O) groups is 1. The lowest BCUT2D eigenvalue weighted by molar-refractivity contribution is -0.118. The standard InChI is InChI=1S/C25H25N3O4S2/c29-21(26-12-14-32-17-7-2-1-3-8-17)16-33-25-27-23-22(19-10-4-5-11-20(19)34-23)24(30)28(25)15-18-9-6-13-31-18/h1-3,6-9,13H,4-5,10-12,14-16H2,(H,26,29). The molecule has 176 valence electrons. The molecule has 0 saturated heterocycles. The first-order valence-electron chi connectivity index (χ1n) is 11.3. The van der Waals surface area contributed by atoms with Gasteiger partial charge >= 0.3 is 0 Å². The van der Waals surface area contributed by atoms with Crippen molar-refractivity contribution >= 4 is 39.2 Å². The summed E-state index contributed by atoms with van der Waals surface area (Å²) >= 11 is 2.89. The zero-order valence-corrected chi connectivity index (χ0v) is 20.3. The molecule has 0 bridgehead atoms. The molecule has 3 heterocycles. The zero-order valence-electron chi connectivity index (χ0n) is 18.6. The molecule has 9 heteroatoms. The number of rotatable bonds is 9. The van der Waals surface area contributed by atoms with Crippen LogP contribution in [0.4, 0.5) is 0 Å². The quantitative estimate of drug-likeness (QED) is 0.212. The highest BCUT2D eigenvalue weighted by Gasteiger charge is 2.23. The first kappa shape index (κ1) is 22.7. The summed E-state index contributed by atoms with van der Waals surface area (Å²) in [6.45, 7) is 1.07. The van der Waals surface area contributed by atoms with Crippen molar-refractivity contribution in [3.8, 4) is 5.75 Å². The molecular weight excluding hydrogens is 470 g/mol. The summed E-state index contributed by atoms with van der Waals surface area (Å²) in [7, 11) is 0. The second kappa shape index (κ2) is 10.5. The minimum atomic E-state index is -0.133. The average molecular weight is 496 g/mol. The fraction of sp³-hybridized carbons (Fsp3) is 0.320. The predicted octanol–water partition coefficient (Wildman–Crippen LogP) is 4.27. The van der Waals surface area contributed by atoms with Crippen LogP contribution >= 0.6 is 23.1 Å². The maximum Gasteiger partial charge on any atom is 0.263 e. The molecule has 1 aliphatic carbocycles. The first-order valence-corrected chi connectivity index (χ1v) is 13.1. The number of nitrogens with zero attached hydrogens (tertiary/aromatic N) is 2. The van der Waals surface area contributed by atoms with Crippen molar-refractivity contribution in [2.24, 2.45) is 0 Å². The van der Waals surface area contributed by atoms with E-state index in [0.29, 0.717) is 24.1 Å². The number of furan rings is 1. The second-order valence-electron chi connectivity index (χ2n) is 8.06. The molecule has 0 spiro atoms. The number of aromatic nitrogens is 2. The zero-order chi connectivity index (χ0) is 23.3. The summed E-state index contributed by atoms with van der Waals surface area (Å²) in [4.78, 5) is 32.9. The van der Waals surface area contributed by atoms with E-state index in [4.69, 9.17) is 14.1 Å². The van der Waals surface area contributed by atoms with Gasteiger partial charge in [0.25, 0.3) is 5.56 Å². The normalized spacial score (nSPS) is 13.1. The van der Waals surface area contributed by atoms with Crippen LogP contribution in [-0.4, -0.2) is 34.4 Å². The molecule has 1 aromatic carbocycles. The molecule has 1 N–H and O–H groups in total. The lowest BCUT2D eigenvalue weighted by Crippen LogP contribution is -2.30. The van der Waals surface area contributed by atoms with Gasteiger partial charge in [0.1, 0.15) is 22.9 Å². The third-order valence-corrected chi connectivity index (χ3v) is 7.86. The number of fused-ring (bicyclic) bond motifs is 3. The maximum atomic E-state index is 13.6. The van der Waals surface area contributed by atoms with E-state index in [1.807, 2.05) is 36.4 Å². The van der Waals surface area contributed by atoms with E-state index < -0.39 is 0 Å². The Kier molecular flexibility index (Phi) is 7.01. The lowest BCUT2D eigenvalue weighted by Gasteiger charge is -2.13. The van der Waals surface area contributed by atoms with E-state index in [1.54, 1.807) is 28.2 Å². The number of ether oxygens (including phenoxy) is 1. The van der Waals surface area contributed by atoms with Gasteiger partial charge in [0.05, 0.1) is 30.5 Å². The van der Waals surface area contributed by atoms with Gasteiger partial charge in [-0.05, 0) is 55.5 Å². The Bertz CT molecular complexity index is 1330. The molecule has 1 aliphatic rings. The number of amides is 1. The number of aryl methyl sites for hydroxylation is 2. The van der Waals surface area contributed by atoms with Crippen molar-refractivity contribution in [2.45, 2.75) is 37.4 Å². The summed E-state index contributed by atoms with van der Waals surface area (Å²) in [5, 5.41) is 4.13. The molecule has 5 rings (SSSR count). The molecular formula is C25H25N3O4S2. The highest BCUT2D eigenvalue weighted by atomic mass is 32.2. The largest absolute Gasteiger partial charge is 0.492 e. The Morgan fingerprint density at radius 3 is 2.85 bits per heavy atom. The number of nitrogens with one attached hydrogen (secondary N) is 1. The first-order chi connectivity index (χ1) is 16.7. The summed E-state index contributed by atoms with van der Waals surface area (Å²) < 4.78 is 12.7. The summed E-state index contributed by atoms with van der Waals surface area (Å²) in [6, 6.07) is 13.1. The van der Waals surface area contributed by atoms with Crippen molar-refractivity contribution in [2.75, 3.05) is 18.9 Å². The molecule has 0 saturated carbocycles. The molecule has 3 aromatic heterocycles. The van der Waals surface area contributed by atoms with E-state index in [-0.39, 0.29) is 23.8 Å². The Labute approximate surface area is 205 Å². The van der Waals surface area contributed by atoms with Crippen LogP contribution < -0.4 is 15.6 Å². The van der Waals surface area contributed by atoms with Crippen LogP contribution in [0.2, 0.25) is 0 Å². The number of benzene rings is 1. The van der Waals surface area contributed by atoms with Gasteiger partial charge in [0.2, 0.25) is 5.91 Å². The van der Waals surface area contributed by atoms with Crippen molar-refractivity contribution in [1.29, 1.82) is 0 Å². The van der Waals surface area contributed by atoms with E-state index >= 15 is 0 Å². The predicted molar refractivity (Wildman–Crippen MR) is 134 cm³/mol. The number of hydrogen-bond acceptors (Lipinski definition) is 7. The topological polar surface area (TPSA) is 86.4 Å². The van der Waals surface area contributed by atoms with Crippen molar-refractivity contribution in [3.63, 3.8) is 0 Å². The van der Waals surface area contributed by atoms with Gasteiger partial charge in [0.15, 0.2) is 5.16 Å². The minimum absolute atomic E-state index is 0.0556. The Morgan fingerprint density at radius 1 is 1.18 bits per heavy atom. The van der Waals surface area contributed by atoms with E-state index in [2.05, 4.69) is 5.32 Å². The maximum absolute atomic E-state index is 13.6. The van der Waals surface area contributed by atoms with Crippen molar-refractivity contribution < 1.29 is 13.9 Å². The number of hydrogen-bond donors (Lipinski definition) is 1. The summed E-state index contributed by atoms with van der Waals surface area (Å²) in [5.74, 6) is 1.47. The third-order valence-electron chi connectivity index (χ3n) is 5.70. The van der Waals surface area contributed by atoms with Crippen molar-refractivity contribution in [1.82, 2.24) is 14.9 Å². The molecule has 34 heavy (non-hydrogen) atoms. The van der Waals surface area contributed by atoms with E-state index in [9.17, 15) is 9.59 Å². The molecule has 4 aromatic rings. The summed E-state index contributed by atoms with van der Waals surface area (Å²) in [6.07, 6.45) is 5.77. The highest BCUT2D eigenvalue weighted by molar-refractivity contribution is 7.99. The van der Waals surface area contributed by atoms with E-state index in [1.165, 1.54) is 16.6 Å². The summed E-state index contributed by atoms with van der Waals surface area (Å²) in [5.41, 5.74) is 1.10. The van der Waals surface area contributed by atoms with Crippen molar-refractivity contribution in [3.05, 3.63) is 75.3 Å². The van der Waals surface area contributed by atoms with Gasteiger partial charge < -0.3 is 14.5 Å². The van der Waals surface area contributed by atoms with Gasteiger partial charge in [-0.15, -0.1) is 11.3 Å². The third kappa shape index (κ3) is 5.05. The second-order valence-corrected chi connectivity index (χ2v) is 10.1. The average Bonchev–Trinajstić information content (AvgIpc) is 3.50. The van der Waals surface area contributed by atoms with Gasteiger partial charge in [0, 0.05) is 4.88 Å². The van der Waals surface area contributed by atoms with Crippen LogP contribution in [0.25, 0.3) is 10.2 Å². The van der Waals surface area contributed by atoms with Gasteiger partial charge in [-0.1, -0.05) is 30.0 Å². The molecule has 0 atom stereocenters. The Morgan fingerprint density at radius 2 is 2.03 bits per heavy atom. The smallest absolute Gasteiger partial charge is 0.263 e. The fourth-order valence-electron chi connectivity index (χ4n) is 4.09. The fourth-order valence-corrected chi connectivity index (χ4v) is 6.22. The molecule has 0 aliphatic heterocycles. The van der Waals surface area contributed by atoms with E-state index in [0.717, 1.165) is 47.2 Å². The van der Waals surface area contributed by atoms with Crippen LogP contribution in [0.3, 0.4) is 0 Å². The number of para-hydroxylation sites is 1. The molecule has 0 unspecified atom stereocenters.